The van der Waals surface area contributed by atoms with Gasteiger partial charge in [-0.15, -0.1) is 0 Å². The van der Waals surface area contributed by atoms with Crippen LogP contribution in [0.5, 0.6) is 0 Å². The summed E-state index contributed by atoms with van der Waals surface area (Å²) in [6.07, 6.45) is 0.982. The number of carbonyl (C=O) groups is 2. The first-order chi connectivity index (χ1) is 10.7. The Hall–Kier alpha value is -1.40. The van der Waals surface area contributed by atoms with Crippen LogP contribution in [0.2, 0.25) is 0 Å². The Labute approximate surface area is 135 Å². The molecule has 0 spiro atoms. The fraction of sp³-hybridized carbons (Fsp3) is 0.765. The number of aliphatic hydroxyl groups is 2. The first-order valence-electron chi connectivity index (χ1n) is 8.12. The highest BCUT2D eigenvalue weighted by atomic mass is 16.6. The lowest BCUT2D eigenvalue weighted by Crippen LogP contribution is -2.64. The van der Waals surface area contributed by atoms with Crippen LogP contribution >= 0.6 is 0 Å². The third-order valence-electron chi connectivity index (χ3n) is 6.10. The minimum absolute atomic E-state index is 0.144. The van der Waals surface area contributed by atoms with Gasteiger partial charge in [0.15, 0.2) is 0 Å². The number of hydrogen-bond donors (Lipinski definition) is 2. The van der Waals surface area contributed by atoms with Crippen molar-refractivity contribution < 1.29 is 29.3 Å². The van der Waals surface area contributed by atoms with E-state index in [1.165, 1.54) is 6.92 Å². The van der Waals surface area contributed by atoms with Crippen molar-refractivity contribution in [1.29, 1.82) is 0 Å². The molecule has 3 rings (SSSR count). The van der Waals surface area contributed by atoms with E-state index in [1.54, 1.807) is 0 Å². The van der Waals surface area contributed by atoms with Crippen molar-refractivity contribution in [3.05, 3.63) is 12.2 Å². The maximum atomic E-state index is 11.9. The summed E-state index contributed by atoms with van der Waals surface area (Å²) in [5.74, 6) is -1.53. The van der Waals surface area contributed by atoms with Gasteiger partial charge in [-0.25, -0.2) is 4.79 Å². The summed E-state index contributed by atoms with van der Waals surface area (Å²) >= 11 is 0. The van der Waals surface area contributed by atoms with E-state index < -0.39 is 41.1 Å². The number of aliphatic hydroxyl groups excluding tert-OH is 1. The van der Waals surface area contributed by atoms with E-state index in [1.807, 2.05) is 6.92 Å². The summed E-state index contributed by atoms with van der Waals surface area (Å²) < 4.78 is 10.6. The Morgan fingerprint density at radius 2 is 2.13 bits per heavy atom. The third-order valence-corrected chi connectivity index (χ3v) is 6.10. The summed E-state index contributed by atoms with van der Waals surface area (Å²) in [5, 5.41) is 21.8. The maximum absolute atomic E-state index is 11.9. The van der Waals surface area contributed by atoms with Crippen LogP contribution in [-0.4, -0.2) is 46.6 Å². The van der Waals surface area contributed by atoms with E-state index in [4.69, 9.17) is 9.47 Å². The molecule has 128 valence electrons. The molecule has 0 bridgehead atoms. The van der Waals surface area contributed by atoms with Crippen LogP contribution in [0.3, 0.4) is 0 Å². The molecule has 6 heteroatoms. The smallest absolute Gasteiger partial charge is 0.334 e. The molecular formula is C17H24O6. The van der Waals surface area contributed by atoms with E-state index in [0.717, 1.165) is 0 Å². The number of ether oxygens (including phenoxy) is 2. The predicted octanol–water partition coefficient (Wildman–Crippen LogP) is 0.949. The predicted molar refractivity (Wildman–Crippen MR) is 80.2 cm³/mol. The van der Waals surface area contributed by atoms with Gasteiger partial charge in [0.25, 0.3) is 0 Å². The van der Waals surface area contributed by atoms with Gasteiger partial charge in [-0.3, -0.25) is 4.79 Å². The molecule has 23 heavy (non-hydrogen) atoms. The Kier molecular flexibility index (Phi) is 3.80. The molecule has 1 aliphatic heterocycles. The van der Waals surface area contributed by atoms with Gasteiger partial charge in [0.05, 0.1) is 6.10 Å². The number of esters is 2. The van der Waals surface area contributed by atoms with Crippen LogP contribution in [0.15, 0.2) is 12.2 Å². The molecule has 1 saturated heterocycles. The van der Waals surface area contributed by atoms with Gasteiger partial charge < -0.3 is 19.7 Å². The summed E-state index contributed by atoms with van der Waals surface area (Å²) in [6.45, 7) is 6.88. The lowest BCUT2D eigenvalue weighted by Gasteiger charge is -2.57. The Morgan fingerprint density at radius 3 is 2.78 bits per heavy atom. The van der Waals surface area contributed by atoms with Crippen LogP contribution < -0.4 is 0 Å². The molecule has 0 aromatic carbocycles. The molecule has 1 heterocycles. The van der Waals surface area contributed by atoms with Crippen LogP contribution in [0.4, 0.5) is 0 Å². The topological polar surface area (TPSA) is 93.1 Å². The number of rotatable bonds is 2. The van der Waals surface area contributed by atoms with Gasteiger partial charge >= 0.3 is 11.9 Å². The van der Waals surface area contributed by atoms with Crippen LogP contribution in [0.25, 0.3) is 0 Å². The second-order valence-electron chi connectivity index (χ2n) is 7.46. The number of fused-ring (bicyclic) bond motifs is 3. The van der Waals surface area contributed by atoms with Gasteiger partial charge in [-0.05, 0) is 25.7 Å². The minimum Gasteiger partial charge on any atom is -0.463 e. The molecule has 2 aliphatic carbocycles. The highest BCUT2D eigenvalue weighted by Gasteiger charge is 2.64. The molecule has 6 atom stereocenters. The third kappa shape index (κ3) is 2.39. The van der Waals surface area contributed by atoms with E-state index >= 15 is 0 Å². The molecule has 6 nitrogen and oxygen atoms in total. The summed E-state index contributed by atoms with van der Waals surface area (Å²) in [4.78, 5) is 23.1. The van der Waals surface area contributed by atoms with Crippen molar-refractivity contribution in [2.24, 2.45) is 17.3 Å². The molecule has 0 aromatic rings. The molecular weight excluding hydrogens is 300 g/mol. The summed E-state index contributed by atoms with van der Waals surface area (Å²) in [5.41, 5.74) is -1.46. The second kappa shape index (κ2) is 5.31. The largest absolute Gasteiger partial charge is 0.463 e. The van der Waals surface area contributed by atoms with Gasteiger partial charge in [-0.1, -0.05) is 13.5 Å². The van der Waals surface area contributed by atoms with Crippen LogP contribution in [0.1, 0.15) is 39.5 Å². The fourth-order valence-electron chi connectivity index (χ4n) is 4.82. The second-order valence-corrected chi connectivity index (χ2v) is 7.46. The van der Waals surface area contributed by atoms with Crippen LogP contribution in [0, 0.1) is 17.3 Å². The van der Waals surface area contributed by atoms with E-state index in [-0.39, 0.29) is 12.5 Å². The zero-order valence-corrected chi connectivity index (χ0v) is 13.6. The maximum Gasteiger partial charge on any atom is 0.334 e. The molecule has 2 saturated carbocycles. The van der Waals surface area contributed by atoms with Crippen molar-refractivity contribution in [1.82, 2.24) is 0 Å². The Morgan fingerprint density at radius 1 is 1.43 bits per heavy atom. The molecule has 3 aliphatic rings. The normalized spacial score (nSPS) is 45.9. The Balaban J connectivity index is 1.98. The molecule has 0 unspecified atom stereocenters. The average Bonchev–Trinajstić information content (AvgIpc) is 2.76. The number of hydrogen-bond acceptors (Lipinski definition) is 6. The monoisotopic (exact) mass is 324 g/mol. The van der Waals surface area contributed by atoms with Gasteiger partial charge in [-0.2, -0.15) is 0 Å². The lowest BCUT2D eigenvalue weighted by molar-refractivity contribution is -0.231. The zero-order valence-electron chi connectivity index (χ0n) is 13.6. The van der Waals surface area contributed by atoms with Crippen molar-refractivity contribution in [2.75, 3.05) is 6.61 Å². The quantitative estimate of drug-likeness (QED) is 0.580. The van der Waals surface area contributed by atoms with Gasteiger partial charge in [0.2, 0.25) is 0 Å². The summed E-state index contributed by atoms with van der Waals surface area (Å²) in [6, 6.07) is 0. The van der Waals surface area contributed by atoms with Crippen molar-refractivity contribution in [3.63, 3.8) is 0 Å². The van der Waals surface area contributed by atoms with E-state index in [0.29, 0.717) is 31.3 Å². The standard InChI is InChI=1S/C17H24O6/c1-9-11-4-6-16(3)12(19)5-7-17(21,8-22-10(2)18)14(16)13(11)23-15(9)20/h11-14,19,21H,1,4-8H2,2-3H3/t11-,12-,13-,14+,16-,17-/m0/s1. The van der Waals surface area contributed by atoms with Crippen molar-refractivity contribution in [2.45, 2.75) is 57.3 Å². The van der Waals surface area contributed by atoms with E-state index in [2.05, 4.69) is 6.58 Å². The molecule has 0 aromatic heterocycles. The minimum atomic E-state index is -1.31. The SMILES string of the molecule is C=C1C(=O)O[C@H]2[C@H]1CC[C@@]1(C)[C@@H](O)CC[C@](O)(COC(C)=O)[C@H]21. The molecule has 0 amide bonds. The molecule has 2 N–H and O–H groups in total. The van der Waals surface area contributed by atoms with Crippen molar-refractivity contribution in [3.8, 4) is 0 Å². The fourth-order valence-corrected chi connectivity index (χ4v) is 4.82. The summed E-state index contributed by atoms with van der Waals surface area (Å²) in [7, 11) is 0. The molecule has 0 radical (unpaired) electrons. The van der Waals surface area contributed by atoms with Gasteiger partial charge in [0, 0.05) is 29.7 Å². The highest BCUT2D eigenvalue weighted by Crippen LogP contribution is 2.58. The highest BCUT2D eigenvalue weighted by molar-refractivity contribution is 5.91. The van der Waals surface area contributed by atoms with Crippen molar-refractivity contribution >= 4 is 11.9 Å². The van der Waals surface area contributed by atoms with Crippen LogP contribution in [-0.2, 0) is 19.1 Å². The lowest BCUT2D eigenvalue weighted by atomic mass is 9.51. The first kappa shape index (κ1) is 16.5. The average molecular weight is 324 g/mol. The zero-order chi connectivity index (χ0) is 17.0. The first-order valence-corrected chi connectivity index (χ1v) is 8.12. The Bertz CT molecular complexity index is 557. The van der Waals surface area contributed by atoms with E-state index in [9.17, 15) is 19.8 Å². The number of carbonyl (C=O) groups excluding carboxylic acids is 2. The van der Waals surface area contributed by atoms with Gasteiger partial charge in [0.1, 0.15) is 18.3 Å². The molecule has 3 fully saturated rings.